The molecule has 0 saturated carbocycles. The summed E-state index contributed by atoms with van der Waals surface area (Å²) in [6, 6.07) is 45.5. The van der Waals surface area contributed by atoms with E-state index in [-0.39, 0.29) is 0 Å². The molecule has 0 unspecified atom stereocenters. The first-order valence-corrected chi connectivity index (χ1v) is 14.2. The second kappa shape index (κ2) is 9.29. The van der Waals surface area contributed by atoms with Crippen LogP contribution in [-0.2, 0) is 0 Å². The number of fused-ring (bicyclic) bond motifs is 8. The zero-order valence-electron chi connectivity index (χ0n) is 22.9. The highest BCUT2D eigenvalue weighted by Gasteiger charge is 2.17. The number of hydrogen-bond acceptors (Lipinski definition) is 5. The Hall–Kier alpha value is -5.94. The molecule has 5 heteroatoms. The number of pyridine rings is 1. The van der Waals surface area contributed by atoms with E-state index in [0.29, 0.717) is 23.2 Å². The normalized spacial score (nSPS) is 11.7. The van der Waals surface area contributed by atoms with Crippen LogP contribution in [0.2, 0.25) is 0 Å². The molecule has 0 N–H and O–H groups in total. The molecule has 0 bridgehead atoms. The SMILES string of the molecule is c1ccc(-c2nc(-c3ccc4ccc5ccccc5c4c3)nc(-c3ccc4oc5ccc6ccccc6c5c4n3)n2)cc1. The van der Waals surface area contributed by atoms with Crippen LogP contribution in [0.1, 0.15) is 0 Å². The topological polar surface area (TPSA) is 64.7 Å². The molecule has 0 aliphatic carbocycles. The van der Waals surface area contributed by atoms with Crippen LogP contribution in [0.4, 0.5) is 0 Å². The van der Waals surface area contributed by atoms with Gasteiger partial charge < -0.3 is 4.42 Å². The highest BCUT2D eigenvalue weighted by Crippen LogP contribution is 2.35. The molecule has 0 atom stereocenters. The molecule has 200 valence electrons. The van der Waals surface area contributed by atoms with Crippen LogP contribution in [0.5, 0.6) is 0 Å². The maximum Gasteiger partial charge on any atom is 0.182 e. The summed E-state index contributed by atoms with van der Waals surface area (Å²) in [6.07, 6.45) is 0. The first kappa shape index (κ1) is 23.7. The quantitative estimate of drug-likeness (QED) is 0.205. The summed E-state index contributed by atoms with van der Waals surface area (Å²) < 4.78 is 6.20. The number of nitrogens with zero attached hydrogens (tertiary/aromatic N) is 4. The molecular weight excluding hydrogens is 528 g/mol. The minimum atomic E-state index is 0.512. The fourth-order valence-corrected chi connectivity index (χ4v) is 6.01. The lowest BCUT2D eigenvalue weighted by Crippen LogP contribution is -2.01. The molecule has 3 heterocycles. The molecule has 0 fully saturated rings. The average Bonchev–Trinajstić information content (AvgIpc) is 3.47. The zero-order valence-corrected chi connectivity index (χ0v) is 22.9. The van der Waals surface area contributed by atoms with E-state index in [1.165, 1.54) is 16.2 Å². The third-order valence-electron chi connectivity index (χ3n) is 8.11. The second-order valence-electron chi connectivity index (χ2n) is 10.7. The van der Waals surface area contributed by atoms with Gasteiger partial charge >= 0.3 is 0 Å². The molecule has 9 rings (SSSR count). The molecule has 43 heavy (non-hydrogen) atoms. The minimum absolute atomic E-state index is 0.512. The molecule has 0 aliphatic rings. The van der Waals surface area contributed by atoms with Crippen molar-refractivity contribution in [2.75, 3.05) is 0 Å². The smallest absolute Gasteiger partial charge is 0.182 e. The van der Waals surface area contributed by atoms with Gasteiger partial charge in [0, 0.05) is 11.1 Å². The van der Waals surface area contributed by atoms with Crippen LogP contribution >= 0.6 is 0 Å². The van der Waals surface area contributed by atoms with Crippen LogP contribution in [-0.4, -0.2) is 19.9 Å². The van der Waals surface area contributed by atoms with Crippen molar-refractivity contribution >= 4 is 54.4 Å². The summed E-state index contributed by atoms with van der Waals surface area (Å²) >= 11 is 0. The highest BCUT2D eigenvalue weighted by atomic mass is 16.3. The first-order valence-electron chi connectivity index (χ1n) is 14.2. The lowest BCUT2D eigenvalue weighted by atomic mass is 10.00. The first-order chi connectivity index (χ1) is 21.3. The van der Waals surface area contributed by atoms with E-state index in [2.05, 4.69) is 72.8 Å². The van der Waals surface area contributed by atoms with Crippen molar-refractivity contribution in [2.24, 2.45) is 0 Å². The fraction of sp³-hybridized carbons (Fsp3) is 0. The molecule has 5 nitrogen and oxygen atoms in total. The van der Waals surface area contributed by atoms with Crippen molar-refractivity contribution in [3.63, 3.8) is 0 Å². The van der Waals surface area contributed by atoms with Crippen LogP contribution < -0.4 is 0 Å². The zero-order chi connectivity index (χ0) is 28.3. The summed E-state index contributed by atoms with van der Waals surface area (Å²) in [6.45, 7) is 0. The minimum Gasteiger partial charge on any atom is -0.454 e. The predicted octanol–water partition coefficient (Wildman–Crippen LogP) is 9.63. The van der Waals surface area contributed by atoms with E-state index in [9.17, 15) is 0 Å². The van der Waals surface area contributed by atoms with Gasteiger partial charge in [0.05, 0.1) is 5.39 Å². The van der Waals surface area contributed by atoms with Gasteiger partial charge in [0.15, 0.2) is 23.1 Å². The average molecular weight is 551 g/mol. The van der Waals surface area contributed by atoms with Crippen LogP contribution in [0, 0.1) is 0 Å². The Morgan fingerprint density at radius 1 is 0.395 bits per heavy atom. The second-order valence-corrected chi connectivity index (χ2v) is 10.7. The van der Waals surface area contributed by atoms with Crippen molar-refractivity contribution in [3.8, 4) is 34.3 Å². The summed E-state index contributed by atoms with van der Waals surface area (Å²) in [7, 11) is 0. The van der Waals surface area contributed by atoms with Crippen LogP contribution in [0.3, 0.4) is 0 Å². The van der Waals surface area contributed by atoms with Crippen LogP contribution in [0.15, 0.2) is 138 Å². The summed E-state index contributed by atoms with van der Waals surface area (Å²) in [5.41, 5.74) is 4.84. The predicted molar refractivity (Wildman–Crippen MR) is 174 cm³/mol. The number of benzene rings is 6. The van der Waals surface area contributed by atoms with Gasteiger partial charge in [-0.05, 0) is 56.6 Å². The molecule has 0 radical (unpaired) electrons. The highest BCUT2D eigenvalue weighted by molar-refractivity contribution is 6.17. The van der Waals surface area contributed by atoms with Gasteiger partial charge in [0.1, 0.15) is 16.8 Å². The Morgan fingerprint density at radius 3 is 1.84 bits per heavy atom. The lowest BCUT2D eigenvalue weighted by molar-refractivity contribution is 0.668. The molecule has 0 saturated heterocycles. The third-order valence-corrected chi connectivity index (χ3v) is 8.11. The van der Waals surface area contributed by atoms with Gasteiger partial charge in [-0.3, -0.25) is 0 Å². The molecule has 9 aromatic rings. The van der Waals surface area contributed by atoms with Crippen molar-refractivity contribution in [3.05, 3.63) is 133 Å². The van der Waals surface area contributed by atoms with E-state index in [0.717, 1.165) is 49.4 Å². The van der Waals surface area contributed by atoms with E-state index >= 15 is 0 Å². The lowest BCUT2D eigenvalue weighted by Gasteiger charge is -2.10. The Balaban J connectivity index is 1.28. The van der Waals surface area contributed by atoms with Gasteiger partial charge in [-0.25, -0.2) is 19.9 Å². The standard InChI is InChI=1S/C38H22N4O/c1-2-10-26(11-3-1)36-40-37(27-17-16-25-15-14-23-8-4-6-12-28(23)30(25)22-27)42-38(41-36)31-19-21-33-35(39-31)34-29-13-7-5-9-24(29)18-20-32(34)43-33/h1-22H. The van der Waals surface area contributed by atoms with Crippen molar-refractivity contribution in [2.45, 2.75) is 0 Å². The third kappa shape index (κ3) is 3.86. The molecule has 0 spiro atoms. The molecule has 0 amide bonds. The van der Waals surface area contributed by atoms with Crippen LogP contribution in [0.25, 0.3) is 88.7 Å². The molecule has 6 aromatic carbocycles. The summed E-state index contributed by atoms with van der Waals surface area (Å²) in [5, 5.41) is 7.97. The largest absolute Gasteiger partial charge is 0.454 e. The van der Waals surface area contributed by atoms with Crippen molar-refractivity contribution in [1.29, 1.82) is 0 Å². The summed E-state index contributed by atoms with van der Waals surface area (Å²) in [5.74, 6) is 1.71. The fourth-order valence-electron chi connectivity index (χ4n) is 6.01. The van der Waals surface area contributed by atoms with E-state index in [1.54, 1.807) is 0 Å². The number of furan rings is 1. The van der Waals surface area contributed by atoms with Crippen molar-refractivity contribution in [1.82, 2.24) is 19.9 Å². The maximum absolute atomic E-state index is 6.20. The van der Waals surface area contributed by atoms with Gasteiger partial charge in [0.2, 0.25) is 0 Å². The van der Waals surface area contributed by atoms with Gasteiger partial charge in [-0.15, -0.1) is 0 Å². The molecular formula is C38H22N4O. The monoisotopic (exact) mass is 550 g/mol. The number of aromatic nitrogens is 4. The van der Waals surface area contributed by atoms with E-state index in [4.69, 9.17) is 24.4 Å². The number of hydrogen-bond donors (Lipinski definition) is 0. The molecule has 0 aliphatic heterocycles. The Labute approximate surface area is 246 Å². The Kier molecular flexibility index (Phi) is 5.13. The molecule has 3 aromatic heterocycles. The van der Waals surface area contributed by atoms with Gasteiger partial charge in [0.25, 0.3) is 0 Å². The van der Waals surface area contributed by atoms with Crippen molar-refractivity contribution < 1.29 is 4.42 Å². The summed E-state index contributed by atoms with van der Waals surface area (Å²) in [4.78, 5) is 20.0. The Morgan fingerprint density at radius 2 is 1.00 bits per heavy atom. The van der Waals surface area contributed by atoms with E-state index in [1.807, 2.05) is 60.7 Å². The number of rotatable bonds is 3. The van der Waals surface area contributed by atoms with Gasteiger partial charge in [-0.1, -0.05) is 109 Å². The Bertz CT molecular complexity index is 2520. The maximum atomic E-state index is 6.20. The van der Waals surface area contributed by atoms with E-state index < -0.39 is 0 Å². The van der Waals surface area contributed by atoms with Gasteiger partial charge in [-0.2, -0.15) is 0 Å².